The van der Waals surface area contributed by atoms with Gasteiger partial charge in [0.25, 0.3) is 0 Å². The summed E-state index contributed by atoms with van der Waals surface area (Å²) < 4.78 is 0. The van der Waals surface area contributed by atoms with Gasteiger partial charge in [-0.1, -0.05) is 0 Å². The van der Waals surface area contributed by atoms with Crippen LogP contribution in [0.1, 0.15) is 16.5 Å². The van der Waals surface area contributed by atoms with Crippen molar-refractivity contribution >= 4 is 11.3 Å². The molecule has 0 saturated heterocycles. The largest absolute Gasteiger partial charge is 0.323 e. The highest BCUT2D eigenvalue weighted by Crippen LogP contribution is 2.18. The number of thiophene rings is 1. The predicted molar refractivity (Wildman–Crippen MR) is 54.5 cm³/mol. The molecule has 68 valence electrons. The van der Waals surface area contributed by atoms with Crippen molar-refractivity contribution in [3.63, 3.8) is 0 Å². The van der Waals surface area contributed by atoms with Crippen molar-refractivity contribution in [1.82, 2.24) is 4.90 Å². The van der Waals surface area contributed by atoms with Crippen molar-refractivity contribution in [2.24, 2.45) is 5.73 Å². The van der Waals surface area contributed by atoms with E-state index < -0.39 is 0 Å². The maximum absolute atomic E-state index is 5.97. The number of nitrogens with two attached hydrogens (primary N) is 1. The summed E-state index contributed by atoms with van der Waals surface area (Å²) in [6.45, 7) is 3.02. The molecular formula is C9H16N2S. The third kappa shape index (κ3) is 2.59. The fourth-order valence-electron chi connectivity index (χ4n) is 1.16. The van der Waals surface area contributed by atoms with E-state index in [0.717, 1.165) is 6.54 Å². The van der Waals surface area contributed by atoms with Crippen LogP contribution >= 0.6 is 11.3 Å². The van der Waals surface area contributed by atoms with Gasteiger partial charge in [-0.25, -0.2) is 0 Å². The van der Waals surface area contributed by atoms with Crippen LogP contribution < -0.4 is 5.73 Å². The van der Waals surface area contributed by atoms with Gasteiger partial charge in [-0.05, 0) is 38.0 Å². The molecule has 1 unspecified atom stereocenters. The number of rotatable bonds is 3. The molecule has 12 heavy (non-hydrogen) atoms. The quantitative estimate of drug-likeness (QED) is 0.773. The van der Waals surface area contributed by atoms with Gasteiger partial charge in [0, 0.05) is 17.5 Å². The van der Waals surface area contributed by atoms with Crippen molar-refractivity contribution in [3.8, 4) is 0 Å². The second-order valence-electron chi connectivity index (χ2n) is 3.36. The van der Waals surface area contributed by atoms with Gasteiger partial charge in [-0.3, -0.25) is 0 Å². The van der Waals surface area contributed by atoms with E-state index >= 15 is 0 Å². The molecule has 0 saturated carbocycles. The van der Waals surface area contributed by atoms with Crippen molar-refractivity contribution in [2.75, 3.05) is 20.6 Å². The van der Waals surface area contributed by atoms with E-state index in [2.05, 4.69) is 23.3 Å². The van der Waals surface area contributed by atoms with E-state index in [1.807, 2.05) is 14.1 Å². The average molecular weight is 184 g/mol. The Hall–Kier alpha value is -0.380. The Bertz CT molecular complexity index is 242. The summed E-state index contributed by atoms with van der Waals surface area (Å²) in [7, 11) is 4.08. The molecule has 1 heterocycles. The Kier molecular flexibility index (Phi) is 3.26. The maximum atomic E-state index is 5.97. The van der Waals surface area contributed by atoms with E-state index in [1.165, 1.54) is 10.4 Å². The normalized spacial score (nSPS) is 13.8. The molecule has 0 aliphatic carbocycles. The van der Waals surface area contributed by atoms with Crippen LogP contribution in [-0.4, -0.2) is 25.5 Å². The van der Waals surface area contributed by atoms with E-state index in [0.29, 0.717) is 0 Å². The Balaban J connectivity index is 2.58. The van der Waals surface area contributed by atoms with Crippen molar-refractivity contribution in [1.29, 1.82) is 0 Å². The zero-order chi connectivity index (χ0) is 9.14. The number of likely N-dealkylation sites (N-methyl/N-ethyl adjacent to an activating group) is 1. The first kappa shape index (κ1) is 9.71. The standard InChI is InChI=1S/C9H16N2S/c1-7-4-8(6-12-7)9(10)5-11(2)3/h4,6,9H,5,10H2,1-3H3. The highest BCUT2D eigenvalue weighted by molar-refractivity contribution is 7.10. The van der Waals surface area contributed by atoms with Crippen molar-refractivity contribution in [2.45, 2.75) is 13.0 Å². The fourth-order valence-corrected chi connectivity index (χ4v) is 1.93. The summed E-state index contributed by atoms with van der Waals surface area (Å²) in [5.74, 6) is 0. The smallest absolute Gasteiger partial charge is 0.0432 e. The zero-order valence-electron chi connectivity index (χ0n) is 7.87. The SMILES string of the molecule is Cc1cc(C(N)CN(C)C)cs1. The first-order valence-corrected chi connectivity index (χ1v) is 4.93. The van der Waals surface area contributed by atoms with E-state index in [-0.39, 0.29) is 6.04 Å². The molecule has 0 aliphatic heterocycles. The predicted octanol–water partition coefficient (Wildman–Crippen LogP) is 1.62. The minimum absolute atomic E-state index is 0.157. The van der Waals surface area contributed by atoms with Crippen molar-refractivity contribution < 1.29 is 0 Å². The molecule has 0 spiro atoms. The number of nitrogens with zero attached hydrogens (tertiary/aromatic N) is 1. The van der Waals surface area contributed by atoms with Crippen LogP contribution in [-0.2, 0) is 0 Å². The summed E-state index contributed by atoms with van der Waals surface area (Å²) >= 11 is 1.76. The molecule has 0 bridgehead atoms. The monoisotopic (exact) mass is 184 g/mol. The minimum atomic E-state index is 0.157. The lowest BCUT2D eigenvalue weighted by Crippen LogP contribution is -2.25. The van der Waals surface area contributed by atoms with Crippen LogP contribution in [0.15, 0.2) is 11.4 Å². The molecule has 3 heteroatoms. The number of hydrogen-bond acceptors (Lipinski definition) is 3. The Morgan fingerprint density at radius 2 is 2.25 bits per heavy atom. The maximum Gasteiger partial charge on any atom is 0.0432 e. The minimum Gasteiger partial charge on any atom is -0.323 e. The van der Waals surface area contributed by atoms with Gasteiger partial charge < -0.3 is 10.6 Å². The molecule has 2 N–H and O–H groups in total. The summed E-state index contributed by atoms with van der Waals surface area (Å²) in [5, 5.41) is 2.14. The van der Waals surface area contributed by atoms with Gasteiger partial charge in [0.15, 0.2) is 0 Å². The van der Waals surface area contributed by atoms with Gasteiger partial charge in [-0.2, -0.15) is 0 Å². The molecule has 1 aromatic heterocycles. The lowest BCUT2D eigenvalue weighted by atomic mass is 10.1. The van der Waals surface area contributed by atoms with E-state index in [1.54, 1.807) is 11.3 Å². The van der Waals surface area contributed by atoms with Crippen LogP contribution in [0.25, 0.3) is 0 Å². The fraction of sp³-hybridized carbons (Fsp3) is 0.556. The average Bonchev–Trinajstić information content (AvgIpc) is 2.34. The third-order valence-electron chi connectivity index (χ3n) is 1.74. The lowest BCUT2D eigenvalue weighted by Gasteiger charge is -2.15. The highest BCUT2D eigenvalue weighted by atomic mass is 32.1. The second kappa shape index (κ2) is 4.03. The molecule has 1 atom stereocenters. The van der Waals surface area contributed by atoms with Gasteiger partial charge >= 0.3 is 0 Å². The molecule has 0 radical (unpaired) electrons. The topological polar surface area (TPSA) is 29.3 Å². The summed E-state index contributed by atoms with van der Waals surface area (Å²) in [4.78, 5) is 3.44. The van der Waals surface area contributed by atoms with Crippen LogP contribution in [0.5, 0.6) is 0 Å². The van der Waals surface area contributed by atoms with Gasteiger partial charge in [-0.15, -0.1) is 11.3 Å². The van der Waals surface area contributed by atoms with E-state index in [4.69, 9.17) is 5.73 Å². The van der Waals surface area contributed by atoms with E-state index in [9.17, 15) is 0 Å². The lowest BCUT2D eigenvalue weighted by molar-refractivity contribution is 0.377. The molecule has 0 aliphatic rings. The molecule has 0 aromatic carbocycles. The van der Waals surface area contributed by atoms with Gasteiger partial charge in [0.05, 0.1) is 0 Å². The number of aryl methyl sites for hydroxylation is 1. The second-order valence-corrected chi connectivity index (χ2v) is 4.47. The van der Waals surface area contributed by atoms with Crippen molar-refractivity contribution in [3.05, 3.63) is 21.9 Å². The Labute approximate surface area is 78.0 Å². The Morgan fingerprint density at radius 1 is 1.58 bits per heavy atom. The van der Waals surface area contributed by atoms with Crippen LogP contribution in [0.4, 0.5) is 0 Å². The first-order valence-electron chi connectivity index (χ1n) is 4.05. The highest BCUT2D eigenvalue weighted by Gasteiger charge is 2.07. The summed E-state index contributed by atoms with van der Waals surface area (Å²) in [5.41, 5.74) is 7.23. The molecule has 2 nitrogen and oxygen atoms in total. The Morgan fingerprint density at radius 3 is 2.67 bits per heavy atom. The zero-order valence-corrected chi connectivity index (χ0v) is 8.69. The third-order valence-corrected chi connectivity index (χ3v) is 2.62. The van der Waals surface area contributed by atoms with Crippen LogP contribution in [0.2, 0.25) is 0 Å². The van der Waals surface area contributed by atoms with Crippen LogP contribution in [0, 0.1) is 6.92 Å². The molecule has 0 fully saturated rings. The molecule has 1 rings (SSSR count). The van der Waals surface area contributed by atoms with Gasteiger partial charge in [0.2, 0.25) is 0 Å². The molecule has 0 amide bonds. The molecular weight excluding hydrogens is 168 g/mol. The number of hydrogen-bond donors (Lipinski definition) is 1. The summed E-state index contributed by atoms with van der Waals surface area (Å²) in [6.07, 6.45) is 0. The van der Waals surface area contributed by atoms with Crippen LogP contribution in [0.3, 0.4) is 0 Å². The molecule has 1 aromatic rings. The van der Waals surface area contributed by atoms with Gasteiger partial charge in [0.1, 0.15) is 0 Å². The first-order chi connectivity index (χ1) is 5.59. The summed E-state index contributed by atoms with van der Waals surface area (Å²) in [6, 6.07) is 2.32.